The van der Waals surface area contributed by atoms with Crippen molar-refractivity contribution in [1.82, 2.24) is 15.6 Å². The van der Waals surface area contributed by atoms with Crippen LogP contribution in [0.5, 0.6) is 0 Å². The van der Waals surface area contributed by atoms with E-state index in [4.69, 9.17) is 0 Å². The molecule has 0 aliphatic rings. The third-order valence-corrected chi connectivity index (χ3v) is 5.25. The van der Waals surface area contributed by atoms with Gasteiger partial charge in [-0.3, -0.25) is 0 Å². The maximum atomic E-state index is 4.66. The van der Waals surface area contributed by atoms with E-state index in [0.29, 0.717) is 0 Å². The molecule has 0 radical (unpaired) electrons. The number of guanidine groups is 1. The van der Waals surface area contributed by atoms with Crippen molar-refractivity contribution in [2.24, 2.45) is 4.99 Å². The molecule has 0 fully saturated rings. The van der Waals surface area contributed by atoms with Crippen LogP contribution in [0.1, 0.15) is 34.5 Å². The highest BCUT2D eigenvalue weighted by Gasteiger charge is 2.02. The molecule has 2 aromatic heterocycles. The Morgan fingerprint density at radius 2 is 2.14 bits per heavy atom. The molecule has 2 rings (SSSR count). The highest BCUT2D eigenvalue weighted by molar-refractivity contribution is 7.10. The Morgan fingerprint density at radius 1 is 1.27 bits per heavy atom. The zero-order chi connectivity index (χ0) is 15.8. The smallest absolute Gasteiger partial charge is 0.191 e. The van der Waals surface area contributed by atoms with Crippen molar-refractivity contribution >= 4 is 28.6 Å². The largest absolute Gasteiger partial charge is 0.357 e. The summed E-state index contributed by atoms with van der Waals surface area (Å²) in [5.74, 6) is 0.894. The number of aryl methyl sites for hydroxylation is 3. The molecule has 0 unspecified atom stereocenters. The van der Waals surface area contributed by atoms with Crippen molar-refractivity contribution in [3.63, 3.8) is 0 Å². The summed E-state index contributed by atoms with van der Waals surface area (Å²) < 4.78 is 0. The van der Waals surface area contributed by atoms with E-state index in [1.54, 1.807) is 22.7 Å². The topological polar surface area (TPSA) is 49.3 Å². The van der Waals surface area contributed by atoms with Gasteiger partial charge in [-0.15, -0.1) is 22.7 Å². The SMILES string of the molecule is CCNC(=NCc1sccc1C)NCCCc1nc(C)cs1. The van der Waals surface area contributed by atoms with Gasteiger partial charge >= 0.3 is 0 Å². The second-order valence-electron chi connectivity index (χ2n) is 5.13. The molecule has 0 spiro atoms. The number of nitrogens with one attached hydrogen (secondary N) is 2. The number of hydrogen-bond donors (Lipinski definition) is 2. The first-order valence-electron chi connectivity index (χ1n) is 7.65. The van der Waals surface area contributed by atoms with Crippen molar-refractivity contribution in [3.05, 3.63) is 38.0 Å². The molecule has 22 heavy (non-hydrogen) atoms. The van der Waals surface area contributed by atoms with Gasteiger partial charge in [0.15, 0.2) is 5.96 Å². The number of nitrogens with zero attached hydrogens (tertiary/aromatic N) is 2. The van der Waals surface area contributed by atoms with Crippen LogP contribution in [0.2, 0.25) is 0 Å². The predicted molar refractivity (Wildman–Crippen MR) is 97.0 cm³/mol. The maximum absolute atomic E-state index is 4.66. The number of hydrogen-bond acceptors (Lipinski definition) is 4. The zero-order valence-electron chi connectivity index (χ0n) is 13.5. The van der Waals surface area contributed by atoms with Gasteiger partial charge in [0, 0.05) is 35.5 Å². The highest BCUT2D eigenvalue weighted by atomic mass is 32.1. The minimum Gasteiger partial charge on any atom is -0.357 e. The van der Waals surface area contributed by atoms with Crippen LogP contribution in [0.15, 0.2) is 21.8 Å². The summed E-state index contributed by atoms with van der Waals surface area (Å²) in [5.41, 5.74) is 2.44. The normalized spacial score (nSPS) is 11.7. The summed E-state index contributed by atoms with van der Waals surface area (Å²) in [7, 11) is 0. The van der Waals surface area contributed by atoms with Gasteiger partial charge in [0.25, 0.3) is 0 Å². The average molecular weight is 337 g/mol. The first kappa shape index (κ1) is 17.0. The molecule has 0 bridgehead atoms. The number of thiophene rings is 1. The van der Waals surface area contributed by atoms with E-state index in [9.17, 15) is 0 Å². The molecule has 0 aromatic carbocycles. The summed E-state index contributed by atoms with van der Waals surface area (Å²) in [6.07, 6.45) is 2.09. The lowest BCUT2D eigenvalue weighted by Crippen LogP contribution is -2.37. The van der Waals surface area contributed by atoms with Gasteiger partial charge in [0.05, 0.1) is 11.6 Å². The van der Waals surface area contributed by atoms with Crippen LogP contribution in [0.25, 0.3) is 0 Å². The van der Waals surface area contributed by atoms with Gasteiger partial charge in [-0.25, -0.2) is 9.98 Å². The van der Waals surface area contributed by atoms with E-state index in [1.165, 1.54) is 15.4 Å². The summed E-state index contributed by atoms with van der Waals surface area (Å²) in [6, 6.07) is 2.14. The summed E-state index contributed by atoms with van der Waals surface area (Å²) in [5, 5.41) is 12.1. The molecule has 0 saturated heterocycles. The molecule has 6 heteroatoms. The van der Waals surface area contributed by atoms with Crippen LogP contribution in [0.4, 0.5) is 0 Å². The molecule has 0 atom stereocenters. The third kappa shape index (κ3) is 5.42. The quantitative estimate of drug-likeness (QED) is 0.462. The molecule has 120 valence electrons. The van der Waals surface area contributed by atoms with Gasteiger partial charge in [-0.05, 0) is 44.2 Å². The summed E-state index contributed by atoms with van der Waals surface area (Å²) in [4.78, 5) is 10.5. The lowest BCUT2D eigenvalue weighted by atomic mass is 10.3. The van der Waals surface area contributed by atoms with E-state index < -0.39 is 0 Å². The van der Waals surface area contributed by atoms with Crippen molar-refractivity contribution in [1.29, 1.82) is 0 Å². The standard InChI is InChI=1S/C16H24N4S2/c1-4-17-16(19-10-14-12(2)7-9-21-14)18-8-5-6-15-20-13(3)11-22-15/h7,9,11H,4-6,8,10H2,1-3H3,(H2,17,18,19). The van der Waals surface area contributed by atoms with E-state index in [1.807, 2.05) is 6.92 Å². The Labute approximate surface area is 140 Å². The Hall–Kier alpha value is -1.40. The van der Waals surface area contributed by atoms with Gasteiger partial charge in [0.1, 0.15) is 0 Å². The van der Waals surface area contributed by atoms with Crippen LogP contribution in [0.3, 0.4) is 0 Å². The van der Waals surface area contributed by atoms with Gasteiger partial charge < -0.3 is 10.6 Å². The minimum atomic E-state index is 0.741. The number of rotatable bonds is 7. The highest BCUT2D eigenvalue weighted by Crippen LogP contribution is 2.16. The second-order valence-corrected chi connectivity index (χ2v) is 7.08. The molecular weight excluding hydrogens is 312 g/mol. The molecule has 2 heterocycles. The minimum absolute atomic E-state index is 0.741. The molecule has 0 aliphatic heterocycles. The fourth-order valence-corrected chi connectivity index (χ4v) is 3.67. The molecule has 4 nitrogen and oxygen atoms in total. The Morgan fingerprint density at radius 3 is 2.77 bits per heavy atom. The van der Waals surface area contributed by atoms with Gasteiger partial charge in [0.2, 0.25) is 0 Å². The first-order valence-corrected chi connectivity index (χ1v) is 9.41. The fourth-order valence-electron chi connectivity index (χ4n) is 2.02. The average Bonchev–Trinajstić information content (AvgIpc) is 3.09. The van der Waals surface area contributed by atoms with Crippen LogP contribution >= 0.6 is 22.7 Å². The predicted octanol–water partition coefficient (Wildman–Crippen LogP) is 3.51. The summed E-state index contributed by atoms with van der Waals surface area (Å²) in [6.45, 7) is 8.80. The van der Waals surface area contributed by atoms with Gasteiger partial charge in [-0.2, -0.15) is 0 Å². The van der Waals surface area contributed by atoms with Crippen LogP contribution < -0.4 is 10.6 Å². The van der Waals surface area contributed by atoms with E-state index in [0.717, 1.165) is 44.1 Å². The fraction of sp³-hybridized carbons (Fsp3) is 0.500. The Bertz CT molecular complexity index is 601. The van der Waals surface area contributed by atoms with E-state index in [-0.39, 0.29) is 0 Å². The van der Waals surface area contributed by atoms with Crippen molar-refractivity contribution in [2.75, 3.05) is 13.1 Å². The van der Waals surface area contributed by atoms with Gasteiger partial charge in [-0.1, -0.05) is 0 Å². The van der Waals surface area contributed by atoms with Crippen molar-refractivity contribution in [2.45, 2.75) is 40.2 Å². The van der Waals surface area contributed by atoms with E-state index in [2.05, 4.69) is 51.3 Å². The molecule has 0 amide bonds. The Kier molecular flexibility index (Phi) is 6.86. The molecule has 2 N–H and O–H groups in total. The molecule has 0 aliphatic carbocycles. The molecule has 0 saturated carbocycles. The summed E-state index contributed by atoms with van der Waals surface area (Å²) >= 11 is 3.51. The first-order chi connectivity index (χ1) is 10.7. The number of aromatic nitrogens is 1. The van der Waals surface area contributed by atoms with Crippen molar-refractivity contribution < 1.29 is 0 Å². The zero-order valence-corrected chi connectivity index (χ0v) is 15.1. The lowest BCUT2D eigenvalue weighted by Gasteiger charge is -2.10. The number of aliphatic imine (C=N–C) groups is 1. The number of thiazole rings is 1. The van der Waals surface area contributed by atoms with Crippen LogP contribution in [-0.4, -0.2) is 24.0 Å². The Balaban J connectivity index is 1.77. The van der Waals surface area contributed by atoms with Crippen LogP contribution in [-0.2, 0) is 13.0 Å². The molecule has 2 aromatic rings. The third-order valence-electron chi connectivity index (χ3n) is 3.22. The monoisotopic (exact) mass is 336 g/mol. The van der Waals surface area contributed by atoms with Crippen molar-refractivity contribution in [3.8, 4) is 0 Å². The maximum Gasteiger partial charge on any atom is 0.191 e. The second kappa shape index (κ2) is 8.90. The van der Waals surface area contributed by atoms with Crippen LogP contribution in [0, 0.1) is 13.8 Å². The lowest BCUT2D eigenvalue weighted by molar-refractivity contribution is 0.741. The molecular formula is C16H24N4S2. The van der Waals surface area contributed by atoms with E-state index >= 15 is 0 Å².